The third kappa shape index (κ3) is 1.40. The predicted molar refractivity (Wildman–Crippen MR) is 45.8 cm³/mol. The molecule has 0 aliphatic carbocycles. The molecule has 0 spiro atoms. The largest absolute Gasteiger partial charge is 0.306 e. The molecule has 1 aromatic heterocycles. The number of amides is 1. The number of nitrogens with zero attached hydrogens (tertiary/aromatic N) is 3. The Labute approximate surface area is 78.3 Å². The zero-order valence-electron chi connectivity index (χ0n) is 6.43. The molecule has 0 unspecified atom stereocenters. The highest BCUT2D eigenvalue weighted by atomic mass is 32.2. The van der Waals surface area contributed by atoms with Gasteiger partial charge in [0.25, 0.3) is 0 Å². The van der Waals surface area contributed by atoms with Gasteiger partial charge in [0.15, 0.2) is 6.33 Å². The summed E-state index contributed by atoms with van der Waals surface area (Å²) in [6, 6.07) is 1.56. The monoisotopic (exact) mass is 194 g/mol. The number of Topliss-reactive ketones (excluding diaryl/α,β-unsaturated/α-hetero) is 1. The highest BCUT2D eigenvalue weighted by Crippen LogP contribution is 2.24. The van der Waals surface area contributed by atoms with E-state index >= 15 is 0 Å². The lowest BCUT2D eigenvalue weighted by atomic mass is 10.4. The second-order valence-corrected chi connectivity index (χ2v) is 3.22. The Morgan fingerprint density at radius 3 is 2.92 bits per heavy atom. The molecule has 13 heavy (non-hydrogen) atoms. The summed E-state index contributed by atoms with van der Waals surface area (Å²) in [5.41, 5.74) is 0. The average molecular weight is 194 g/mol. The highest BCUT2D eigenvalue weighted by molar-refractivity contribution is 8.03. The van der Waals surface area contributed by atoms with E-state index in [9.17, 15) is 9.59 Å². The van der Waals surface area contributed by atoms with Crippen LogP contribution < -0.4 is 4.31 Å². The van der Waals surface area contributed by atoms with Crippen molar-refractivity contribution >= 4 is 29.5 Å². The van der Waals surface area contributed by atoms with E-state index in [0.717, 1.165) is 11.9 Å². The Bertz CT molecular complexity index is 354. The van der Waals surface area contributed by atoms with Gasteiger partial charge >= 0.3 is 5.91 Å². The summed E-state index contributed by atoms with van der Waals surface area (Å²) in [6.45, 7) is 0. The zero-order chi connectivity index (χ0) is 9.26. The molecule has 0 N–H and O–H groups in total. The lowest BCUT2D eigenvalue weighted by Crippen LogP contribution is -2.23. The van der Waals surface area contributed by atoms with E-state index in [1.807, 2.05) is 0 Å². The van der Waals surface area contributed by atoms with E-state index in [2.05, 4.69) is 16.3 Å². The Kier molecular flexibility index (Phi) is 1.97. The Balaban J connectivity index is 2.29. The molecule has 5 nitrogen and oxygen atoms in total. The lowest BCUT2D eigenvalue weighted by molar-refractivity contribution is -0.133. The molecule has 1 aromatic rings. The smallest absolute Gasteiger partial charge is 0.288 e. The van der Waals surface area contributed by atoms with Crippen molar-refractivity contribution < 1.29 is 9.59 Å². The summed E-state index contributed by atoms with van der Waals surface area (Å²) < 4.78 is 1.25. The van der Waals surface area contributed by atoms with Crippen LogP contribution in [0.5, 0.6) is 0 Å². The van der Waals surface area contributed by atoms with Gasteiger partial charge in [0, 0.05) is 12.3 Å². The Morgan fingerprint density at radius 2 is 2.38 bits per heavy atom. The van der Waals surface area contributed by atoms with Crippen molar-refractivity contribution in [1.82, 2.24) is 9.97 Å². The molecule has 1 amide bonds. The number of ketones is 1. The normalized spacial score (nSPS) is 16.8. The van der Waals surface area contributed by atoms with Gasteiger partial charge in [-0.1, -0.05) is 0 Å². The summed E-state index contributed by atoms with van der Waals surface area (Å²) in [4.78, 5) is 29.4. The first-order valence-electron chi connectivity index (χ1n) is 3.48. The molecule has 0 aromatic carbocycles. The Morgan fingerprint density at radius 1 is 1.54 bits per heavy atom. The first-order chi connectivity index (χ1) is 6.29. The minimum absolute atomic E-state index is 0.183. The second-order valence-electron chi connectivity index (χ2n) is 2.31. The van der Waals surface area contributed by atoms with Crippen molar-refractivity contribution in [3.8, 4) is 0 Å². The fraction of sp³-hybridized carbons (Fsp3) is 0.143. The molecule has 1 aliphatic heterocycles. The van der Waals surface area contributed by atoms with Crippen molar-refractivity contribution in [2.24, 2.45) is 0 Å². The Hall–Kier alpha value is -1.43. The van der Waals surface area contributed by atoms with Gasteiger partial charge in [0.05, 0.1) is 5.75 Å². The van der Waals surface area contributed by atoms with Gasteiger partial charge in [0.1, 0.15) is 5.82 Å². The molecule has 0 bridgehead atoms. The lowest BCUT2D eigenvalue weighted by Gasteiger charge is -2.09. The zero-order valence-corrected chi connectivity index (χ0v) is 7.24. The number of rotatable bonds is 1. The van der Waals surface area contributed by atoms with Crippen LogP contribution in [0.25, 0.3) is 0 Å². The fourth-order valence-corrected chi connectivity index (χ4v) is 1.72. The summed E-state index contributed by atoms with van der Waals surface area (Å²) in [6.07, 6.45) is 3.83. The molecule has 0 atom stereocenters. The minimum Gasteiger partial charge on any atom is -0.288 e. The van der Waals surface area contributed by atoms with Gasteiger partial charge in [-0.15, -0.1) is 0 Å². The first kappa shape index (κ1) is 8.18. The summed E-state index contributed by atoms with van der Waals surface area (Å²) in [7, 11) is 0. The van der Waals surface area contributed by atoms with E-state index in [1.165, 1.54) is 10.5 Å². The molecule has 1 radical (unpaired) electrons. The molecule has 1 fully saturated rings. The third-order valence-corrected chi connectivity index (χ3v) is 2.48. The molecule has 65 valence electrons. The quantitative estimate of drug-likeness (QED) is 0.459. The van der Waals surface area contributed by atoms with Crippen LogP contribution in [0.4, 0.5) is 5.82 Å². The van der Waals surface area contributed by atoms with E-state index in [4.69, 9.17) is 0 Å². The fourth-order valence-electron chi connectivity index (χ4n) is 0.895. The maximum atomic E-state index is 11.2. The van der Waals surface area contributed by atoms with Crippen LogP contribution in [0, 0.1) is 6.33 Å². The summed E-state index contributed by atoms with van der Waals surface area (Å²) in [5, 5.41) is 0. The number of anilines is 1. The van der Waals surface area contributed by atoms with E-state index in [1.54, 1.807) is 6.07 Å². The van der Waals surface area contributed by atoms with E-state index < -0.39 is 11.7 Å². The molecule has 1 saturated heterocycles. The molecule has 2 rings (SSSR count). The third-order valence-electron chi connectivity index (χ3n) is 1.48. The van der Waals surface area contributed by atoms with Crippen LogP contribution in [-0.4, -0.2) is 27.4 Å². The second kappa shape index (κ2) is 3.14. The van der Waals surface area contributed by atoms with Gasteiger partial charge in [-0.25, -0.2) is 14.3 Å². The number of hydrogen-bond acceptors (Lipinski definition) is 5. The van der Waals surface area contributed by atoms with Crippen LogP contribution in [0.3, 0.4) is 0 Å². The van der Waals surface area contributed by atoms with Crippen molar-refractivity contribution in [2.75, 3.05) is 10.1 Å². The van der Waals surface area contributed by atoms with Gasteiger partial charge in [-0.3, -0.25) is 9.59 Å². The first-order valence-corrected chi connectivity index (χ1v) is 4.42. The maximum Gasteiger partial charge on any atom is 0.306 e. The molecule has 1 aliphatic rings. The maximum absolute atomic E-state index is 11.2. The molecule has 2 heterocycles. The number of carbonyl (C=O) groups excluding carboxylic acids is 2. The molecule has 0 saturated carbocycles. The molecular weight excluding hydrogens is 190 g/mol. The van der Waals surface area contributed by atoms with Gasteiger partial charge in [-0.2, -0.15) is 0 Å². The standard InChI is InChI=1S/C7H4N3O2S/c11-5-3-13-10(7(5)12)6-1-2-8-4-9-6/h1-2H,3H2. The summed E-state index contributed by atoms with van der Waals surface area (Å²) >= 11 is 1.14. The van der Waals surface area contributed by atoms with Crippen molar-refractivity contribution in [3.63, 3.8) is 0 Å². The van der Waals surface area contributed by atoms with Gasteiger partial charge in [-0.05, 0) is 11.9 Å². The van der Waals surface area contributed by atoms with Gasteiger partial charge in [0.2, 0.25) is 5.78 Å². The minimum atomic E-state index is -0.530. The molecule has 6 heteroatoms. The van der Waals surface area contributed by atoms with Crippen LogP contribution in [0.2, 0.25) is 0 Å². The highest BCUT2D eigenvalue weighted by Gasteiger charge is 2.32. The number of carbonyl (C=O) groups is 2. The van der Waals surface area contributed by atoms with Crippen LogP contribution in [0.1, 0.15) is 0 Å². The van der Waals surface area contributed by atoms with Crippen LogP contribution in [-0.2, 0) is 9.59 Å². The van der Waals surface area contributed by atoms with Crippen LogP contribution in [0.15, 0.2) is 12.3 Å². The SMILES string of the molecule is O=C1CSN(c2ccn[c]n2)C1=O. The predicted octanol–water partition coefficient (Wildman–Crippen LogP) is -0.159. The number of aromatic nitrogens is 2. The van der Waals surface area contributed by atoms with Crippen molar-refractivity contribution in [1.29, 1.82) is 0 Å². The van der Waals surface area contributed by atoms with Crippen molar-refractivity contribution in [2.45, 2.75) is 0 Å². The average Bonchev–Trinajstić information content (AvgIpc) is 2.49. The van der Waals surface area contributed by atoms with Crippen LogP contribution >= 0.6 is 11.9 Å². The number of hydrogen-bond donors (Lipinski definition) is 0. The van der Waals surface area contributed by atoms with E-state index in [0.29, 0.717) is 5.82 Å². The summed E-state index contributed by atoms with van der Waals surface area (Å²) in [5.74, 6) is -0.348. The molecular formula is C7H4N3O2S. The van der Waals surface area contributed by atoms with Crippen molar-refractivity contribution in [3.05, 3.63) is 18.6 Å². The van der Waals surface area contributed by atoms with Gasteiger partial charge < -0.3 is 0 Å². The topological polar surface area (TPSA) is 63.2 Å². The van der Waals surface area contributed by atoms with E-state index in [-0.39, 0.29) is 5.75 Å².